The SMILES string of the molecule is COc1ccc(-c2cnc(OCC(=O)NCC(C)CC(=N)C(=O)OC(C)(C)C)nc2)cc1. The molecule has 32 heavy (non-hydrogen) atoms. The summed E-state index contributed by atoms with van der Waals surface area (Å²) in [6.45, 7) is 7.14. The first-order valence-electron chi connectivity index (χ1n) is 10.2. The summed E-state index contributed by atoms with van der Waals surface area (Å²) in [7, 11) is 1.61. The van der Waals surface area contributed by atoms with Gasteiger partial charge in [-0.2, -0.15) is 0 Å². The van der Waals surface area contributed by atoms with E-state index in [1.807, 2.05) is 31.2 Å². The fraction of sp³-hybridized carbons (Fsp3) is 0.435. The molecule has 0 aliphatic carbocycles. The highest BCUT2D eigenvalue weighted by Gasteiger charge is 2.21. The predicted octanol–water partition coefficient (Wildman–Crippen LogP) is 3.03. The van der Waals surface area contributed by atoms with Gasteiger partial charge in [0.15, 0.2) is 6.61 Å². The molecule has 0 aliphatic heterocycles. The number of hydrogen-bond acceptors (Lipinski definition) is 8. The Hall–Kier alpha value is -3.49. The Bertz CT molecular complexity index is 921. The fourth-order valence-electron chi connectivity index (χ4n) is 2.64. The summed E-state index contributed by atoms with van der Waals surface area (Å²) in [6, 6.07) is 7.59. The van der Waals surface area contributed by atoms with Crippen LogP contribution in [0.2, 0.25) is 0 Å². The maximum Gasteiger partial charge on any atom is 0.352 e. The molecule has 2 rings (SSSR count). The van der Waals surface area contributed by atoms with Crippen LogP contribution in [0.3, 0.4) is 0 Å². The van der Waals surface area contributed by atoms with E-state index in [1.54, 1.807) is 40.3 Å². The zero-order chi connectivity index (χ0) is 23.7. The Morgan fingerprint density at radius 1 is 1.09 bits per heavy atom. The number of benzene rings is 1. The van der Waals surface area contributed by atoms with Crippen LogP contribution in [0.15, 0.2) is 36.7 Å². The molecule has 1 atom stereocenters. The van der Waals surface area contributed by atoms with Crippen LogP contribution in [0, 0.1) is 11.3 Å². The van der Waals surface area contributed by atoms with Gasteiger partial charge in [0.05, 0.1) is 7.11 Å². The van der Waals surface area contributed by atoms with Gasteiger partial charge >= 0.3 is 12.0 Å². The first-order valence-corrected chi connectivity index (χ1v) is 10.2. The lowest BCUT2D eigenvalue weighted by Gasteiger charge is -2.20. The third-order valence-electron chi connectivity index (χ3n) is 4.23. The number of aromatic nitrogens is 2. The first kappa shape index (κ1) is 24.8. The Morgan fingerprint density at radius 2 is 1.72 bits per heavy atom. The number of ether oxygens (including phenoxy) is 3. The number of carbonyl (C=O) groups is 2. The number of carbonyl (C=O) groups excluding carboxylic acids is 2. The van der Waals surface area contributed by atoms with Crippen molar-refractivity contribution in [3.8, 4) is 22.9 Å². The van der Waals surface area contributed by atoms with E-state index < -0.39 is 11.6 Å². The number of hydrogen-bond donors (Lipinski definition) is 2. The van der Waals surface area contributed by atoms with Crippen molar-refractivity contribution < 1.29 is 23.8 Å². The van der Waals surface area contributed by atoms with Gasteiger partial charge in [0, 0.05) is 30.9 Å². The van der Waals surface area contributed by atoms with E-state index in [9.17, 15) is 9.59 Å². The lowest BCUT2D eigenvalue weighted by molar-refractivity contribution is -0.146. The van der Waals surface area contributed by atoms with Crippen molar-refractivity contribution in [2.45, 2.75) is 39.7 Å². The monoisotopic (exact) mass is 442 g/mol. The lowest BCUT2D eigenvalue weighted by Crippen LogP contribution is -2.34. The van der Waals surface area contributed by atoms with Crippen LogP contribution in [0.5, 0.6) is 11.8 Å². The summed E-state index contributed by atoms with van der Waals surface area (Å²) in [5.41, 5.74) is 0.975. The number of amides is 1. The molecule has 0 fully saturated rings. The molecule has 172 valence electrons. The molecular formula is C23H30N4O5. The second-order valence-electron chi connectivity index (χ2n) is 8.37. The standard InChI is InChI=1S/C23H30N4O5/c1-15(10-19(24)21(29)32-23(2,3)4)11-25-20(28)14-31-22-26-12-17(13-27-22)16-6-8-18(30-5)9-7-16/h6-9,12-13,15,24H,10-11,14H2,1-5H3,(H,25,28). The maximum absolute atomic E-state index is 12.0. The summed E-state index contributed by atoms with van der Waals surface area (Å²) in [5.74, 6) is -0.339. The second kappa shape index (κ2) is 11.2. The zero-order valence-electron chi connectivity index (χ0n) is 19.1. The first-order chi connectivity index (χ1) is 15.1. The number of rotatable bonds is 10. The van der Waals surface area contributed by atoms with E-state index >= 15 is 0 Å². The molecule has 0 bridgehead atoms. The molecule has 0 aliphatic rings. The molecule has 1 amide bonds. The molecule has 1 aromatic carbocycles. The van der Waals surface area contributed by atoms with Crippen molar-refractivity contribution in [3.05, 3.63) is 36.7 Å². The Kier molecular flexibility index (Phi) is 8.69. The molecule has 9 nitrogen and oxygen atoms in total. The number of nitrogens with zero attached hydrogens (tertiary/aromatic N) is 2. The van der Waals surface area contributed by atoms with Gasteiger partial charge in [-0.15, -0.1) is 0 Å². The van der Waals surface area contributed by atoms with Crippen LogP contribution >= 0.6 is 0 Å². The Morgan fingerprint density at radius 3 is 2.28 bits per heavy atom. The summed E-state index contributed by atoms with van der Waals surface area (Å²) in [6.07, 6.45) is 3.44. The number of nitrogens with one attached hydrogen (secondary N) is 2. The smallest absolute Gasteiger partial charge is 0.352 e. The van der Waals surface area contributed by atoms with E-state index in [2.05, 4.69) is 15.3 Å². The molecule has 9 heteroatoms. The Balaban J connectivity index is 1.74. The molecule has 1 aromatic heterocycles. The lowest BCUT2D eigenvalue weighted by atomic mass is 10.0. The van der Waals surface area contributed by atoms with Crippen molar-refractivity contribution >= 4 is 17.6 Å². The molecule has 1 heterocycles. The van der Waals surface area contributed by atoms with E-state index in [1.165, 1.54) is 0 Å². The summed E-state index contributed by atoms with van der Waals surface area (Å²) >= 11 is 0. The van der Waals surface area contributed by atoms with Crippen LogP contribution < -0.4 is 14.8 Å². The molecule has 1 unspecified atom stereocenters. The van der Waals surface area contributed by atoms with Crippen LogP contribution in [0.1, 0.15) is 34.1 Å². The van der Waals surface area contributed by atoms with E-state index in [4.69, 9.17) is 19.6 Å². The van der Waals surface area contributed by atoms with Gasteiger partial charge in [-0.3, -0.25) is 10.2 Å². The van der Waals surface area contributed by atoms with Gasteiger partial charge in [-0.05, 0) is 44.4 Å². The van der Waals surface area contributed by atoms with Crippen molar-refractivity contribution in [1.82, 2.24) is 15.3 Å². The van der Waals surface area contributed by atoms with Crippen LogP contribution in [-0.4, -0.2) is 53.4 Å². The summed E-state index contributed by atoms with van der Waals surface area (Å²) in [5, 5.41) is 10.6. The van der Waals surface area contributed by atoms with Gasteiger partial charge < -0.3 is 19.5 Å². The van der Waals surface area contributed by atoms with Gasteiger partial charge in [-0.25, -0.2) is 14.8 Å². The van der Waals surface area contributed by atoms with Crippen LogP contribution in [-0.2, 0) is 14.3 Å². The van der Waals surface area contributed by atoms with Crippen molar-refractivity contribution in [2.75, 3.05) is 20.3 Å². The normalized spacial score (nSPS) is 11.9. The third-order valence-corrected chi connectivity index (χ3v) is 4.23. The molecule has 2 aromatic rings. The van der Waals surface area contributed by atoms with Gasteiger partial charge in [-0.1, -0.05) is 19.1 Å². The number of methoxy groups -OCH3 is 1. The largest absolute Gasteiger partial charge is 0.497 e. The minimum atomic E-state index is -0.646. The minimum Gasteiger partial charge on any atom is -0.497 e. The maximum atomic E-state index is 12.0. The van der Waals surface area contributed by atoms with Gasteiger partial charge in [0.25, 0.3) is 5.91 Å². The molecule has 0 saturated heterocycles. The predicted molar refractivity (Wildman–Crippen MR) is 120 cm³/mol. The third kappa shape index (κ3) is 8.33. The Labute approximate surface area is 188 Å². The van der Waals surface area contributed by atoms with E-state index in [0.717, 1.165) is 16.9 Å². The molecular weight excluding hydrogens is 412 g/mol. The summed E-state index contributed by atoms with van der Waals surface area (Å²) < 4.78 is 15.6. The topological polar surface area (TPSA) is 123 Å². The highest BCUT2D eigenvalue weighted by atomic mass is 16.6. The minimum absolute atomic E-state index is 0.0946. The highest BCUT2D eigenvalue weighted by Crippen LogP contribution is 2.21. The van der Waals surface area contributed by atoms with Crippen molar-refractivity contribution in [3.63, 3.8) is 0 Å². The van der Waals surface area contributed by atoms with Gasteiger partial charge in [0.2, 0.25) is 0 Å². The number of esters is 1. The van der Waals surface area contributed by atoms with Crippen molar-refractivity contribution in [2.24, 2.45) is 5.92 Å². The fourth-order valence-corrected chi connectivity index (χ4v) is 2.64. The zero-order valence-corrected chi connectivity index (χ0v) is 19.1. The second-order valence-corrected chi connectivity index (χ2v) is 8.37. The van der Waals surface area contributed by atoms with E-state index in [-0.39, 0.29) is 36.6 Å². The quantitative estimate of drug-likeness (QED) is 0.428. The molecule has 0 radical (unpaired) electrons. The molecule has 2 N–H and O–H groups in total. The van der Waals surface area contributed by atoms with E-state index in [0.29, 0.717) is 6.54 Å². The average Bonchev–Trinajstić information content (AvgIpc) is 2.75. The molecule has 0 spiro atoms. The molecule has 0 saturated carbocycles. The van der Waals surface area contributed by atoms with Crippen LogP contribution in [0.4, 0.5) is 0 Å². The average molecular weight is 443 g/mol. The van der Waals surface area contributed by atoms with Crippen molar-refractivity contribution in [1.29, 1.82) is 5.41 Å². The highest BCUT2D eigenvalue weighted by molar-refractivity contribution is 6.35. The van der Waals surface area contributed by atoms with Crippen LogP contribution in [0.25, 0.3) is 11.1 Å². The van der Waals surface area contributed by atoms with Gasteiger partial charge in [0.1, 0.15) is 17.1 Å². The summed E-state index contributed by atoms with van der Waals surface area (Å²) in [4.78, 5) is 32.1.